The van der Waals surface area contributed by atoms with Gasteiger partial charge >= 0.3 is 0 Å². The Morgan fingerprint density at radius 2 is 2.17 bits per heavy atom. The highest BCUT2D eigenvalue weighted by molar-refractivity contribution is 6.31. The third kappa shape index (κ3) is 2.08. The van der Waals surface area contributed by atoms with Crippen molar-refractivity contribution in [2.24, 2.45) is 17.8 Å². The maximum atomic E-state index is 6.36. The topological polar surface area (TPSA) is 29.9 Å². The predicted octanol–water partition coefficient (Wildman–Crippen LogP) is 3.25. The lowest BCUT2D eigenvalue weighted by Gasteiger charge is -2.25. The third-order valence-electron chi connectivity index (χ3n) is 4.63. The first-order valence-electron chi connectivity index (χ1n) is 7.13. The number of rotatable bonds is 5. The molecule has 0 radical (unpaired) electrons. The van der Waals surface area contributed by atoms with E-state index in [0.717, 1.165) is 35.7 Å². The average Bonchev–Trinajstić information content (AvgIpc) is 2.81. The number of nitrogens with zero attached hydrogens (tertiary/aromatic N) is 2. The molecule has 1 aromatic heterocycles. The Kier molecular flexibility index (Phi) is 3.37. The molecule has 0 bridgehead atoms. The second-order valence-corrected chi connectivity index (χ2v) is 6.26. The van der Waals surface area contributed by atoms with Crippen LogP contribution < -0.4 is 5.32 Å². The van der Waals surface area contributed by atoms with Gasteiger partial charge in [0.25, 0.3) is 0 Å². The summed E-state index contributed by atoms with van der Waals surface area (Å²) in [5, 5.41) is 8.73. The highest BCUT2D eigenvalue weighted by atomic mass is 35.5. The zero-order valence-electron chi connectivity index (χ0n) is 11.2. The van der Waals surface area contributed by atoms with Crippen molar-refractivity contribution in [2.75, 3.05) is 7.05 Å². The fourth-order valence-electron chi connectivity index (χ4n) is 3.70. The number of aryl methyl sites for hydroxylation is 1. The van der Waals surface area contributed by atoms with Gasteiger partial charge in [0.1, 0.15) is 0 Å². The van der Waals surface area contributed by atoms with Gasteiger partial charge in [-0.3, -0.25) is 4.68 Å². The third-order valence-corrected chi connectivity index (χ3v) is 4.92. The van der Waals surface area contributed by atoms with E-state index in [-0.39, 0.29) is 0 Å². The van der Waals surface area contributed by atoms with E-state index in [1.807, 2.05) is 7.05 Å². The fraction of sp³-hybridized carbons (Fsp3) is 0.786. The van der Waals surface area contributed by atoms with Gasteiger partial charge in [-0.15, -0.1) is 0 Å². The minimum absolute atomic E-state index is 0.374. The molecule has 1 heterocycles. The van der Waals surface area contributed by atoms with Crippen molar-refractivity contribution >= 4 is 11.6 Å². The summed E-state index contributed by atoms with van der Waals surface area (Å²) in [5.74, 6) is 2.75. The van der Waals surface area contributed by atoms with Crippen molar-refractivity contribution in [1.29, 1.82) is 0 Å². The predicted molar refractivity (Wildman–Crippen MR) is 73.6 cm³/mol. The molecule has 4 heteroatoms. The SMILES string of the molecule is CCCn1ncc(Cl)c1C(NC)C1CC2CC2C1. The van der Waals surface area contributed by atoms with Crippen molar-refractivity contribution in [1.82, 2.24) is 15.1 Å². The van der Waals surface area contributed by atoms with E-state index in [1.54, 1.807) is 6.20 Å². The maximum absolute atomic E-state index is 6.36. The number of hydrogen-bond acceptors (Lipinski definition) is 2. The average molecular weight is 268 g/mol. The number of hydrogen-bond donors (Lipinski definition) is 1. The molecule has 3 atom stereocenters. The Morgan fingerprint density at radius 1 is 1.44 bits per heavy atom. The summed E-state index contributed by atoms with van der Waals surface area (Å²) in [6.45, 7) is 3.14. The minimum Gasteiger partial charge on any atom is -0.311 e. The summed E-state index contributed by atoms with van der Waals surface area (Å²) in [5.41, 5.74) is 1.20. The Morgan fingerprint density at radius 3 is 2.78 bits per heavy atom. The molecule has 0 amide bonds. The molecule has 2 aliphatic rings. The number of aromatic nitrogens is 2. The van der Waals surface area contributed by atoms with Crippen LogP contribution in [0.15, 0.2) is 6.20 Å². The van der Waals surface area contributed by atoms with Crippen LogP contribution in [0, 0.1) is 17.8 Å². The van der Waals surface area contributed by atoms with E-state index in [0.29, 0.717) is 6.04 Å². The smallest absolute Gasteiger partial charge is 0.0834 e. The van der Waals surface area contributed by atoms with Gasteiger partial charge in [-0.05, 0) is 50.5 Å². The summed E-state index contributed by atoms with van der Waals surface area (Å²) < 4.78 is 2.09. The van der Waals surface area contributed by atoms with Gasteiger partial charge < -0.3 is 5.32 Å². The molecule has 1 N–H and O–H groups in total. The summed E-state index contributed by atoms with van der Waals surface area (Å²) in [7, 11) is 2.05. The largest absolute Gasteiger partial charge is 0.311 e. The molecular weight excluding hydrogens is 246 g/mol. The molecule has 0 saturated heterocycles. The van der Waals surface area contributed by atoms with Gasteiger partial charge in [0.2, 0.25) is 0 Å². The zero-order valence-corrected chi connectivity index (χ0v) is 12.0. The lowest BCUT2D eigenvalue weighted by molar-refractivity contribution is 0.338. The summed E-state index contributed by atoms with van der Waals surface area (Å²) in [4.78, 5) is 0. The van der Waals surface area contributed by atoms with Crippen molar-refractivity contribution < 1.29 is 0 Å². The molecule has 100 valence electrons. The van der Waals surface area contributed by atoms with Crippen LogP contribution in [0.4, 0.5) is 0 Å². The van der Waals surface area contributed by atoms with E-state index in [9.17, 15) is 0 Å². The van der Waals surface area contributed by atoms with Gasteiger partial charge in [-0.1, -0.05) is 18.5 Å². The molecule has 18 heavy (non-hydrogen) atoms. The van der Waals surface area contributed by atoms with Crippen LogP contribution in [-0.2, 0) is 6.54 Å². The Labute approximate surface area is 114 Å². The number of halogens is 1. The quantitative estimate of drug-likeness (QED) is 0.888. The van der Waals surface area contributed by atoms with E-state index < -0.39 is 0 Å². The summed E-state index contributed by atoms with van der Waals surface area (Å²) in [6.07, 6.45) is 7.09. The van der Waals surface area contributed by atoms with Gasteiger partial charge in [-0.25, -0.2) is 0 Å². The van der Waals surface area contributed by atoms with Crippen LogP contribution in [0.25, 0.3) is 0 Å². The normalized spacial score (nSPS) is 31.4. The highest BCUT2D eigenvalue weighted by Crippen LogP contribution is 2.57. The molecule has 0 aliphatic heterocycles. The van der Waals surface area contributed by atoms with Crippen molar-refractivity contribution in [2.45, 2.75) is 45.2 Å². The standard InChI is InChI=1S/C14H22ClN3/c1-3-4-18-14(12(15)8-17-18)13(16-2)11-6-9-5-10(9)7-11/h8-11,13,16H,3-7H2,1-2H3. The highest BCUT2D eigenvalue weighted by Gasteiger charge is 2.48. The molecule has 0 spiro atoms. The lowest BCUT2D eigenvalue weighted by Crippen LogP contribution is -2.27. The molecule has 2 fully saturated rings. The molecule has 1 aromatic rings. The van der Waals surface area contributed by atoms with Gasteiger partial charge in [-0.2, -0.15) is 5.10 Å². The second kappa shape index (κ2) is 4.86. The van der Waals surface area contributed by atoms with Crippen LogP contribution in [0.3, 0.4) is 0 Å². The van der Waals surface area contributed by atoms with Crippen LogP contribution in [0.1, 0.15) is 44.3 Å². The first kappa shape index (κ1) is 12.5. The van der Waals surface area contributed by atoms with Gasteiger partial charge in [0, 0.05) is 6.54 Å². The fourth-order valence-corrected chi connectivity index (χ4v) is 3.96. The number of nitrogens with one attached hydrogen (secondary N) is 1. The van der Waals surface area contributed by atoms with Crippen molar-refractivity contribution in [3.8, 4) is 0 Å². The second-order valence-electron chi connectivity index (χ2n) is 5.85. The summed E-state index contributed by atoms with van der Waals surface area (Å²) >= 11 is 6.36. The Balaban J connectivity index is 1.83. The molecule has 3 nitrogen and oxygen atoms in total. The Bertz CT molecular complexity index is 419. The van der Waals surface area contributed by atoms with Crippen molar-refractivity contribution in [3.05, 3.63) is 16.9 Å². The molecule has 2 aliphatic carbocycles. The van der Waals surface area contributed by atoms with Gasteiger partial charge in [0.05, 0.1) is 23.0 Å². The molecule has 2 saturated carbocycles. The van der Waals surface area contributed by atoms with Crippen molar-refractivity contribution in [3.63, 3.8) is 0 Å². The minimum atomic E-state index is 0.374. The van der Waals surface area contributed by atoms with E-state index in [1.165, 1.54) is 25.0 Å². The van der Waals surface area contributed by atoms with E-state index in [4.69, 9.17) is 11.6 Å². The monoisotopic (exact) mass is 267 g/mol. The maximum Gasteiger partial charge on any atom is 0.0834 e. The van der Waals surface area contributed by atoms with E-state index in [2.05, 4.69) is 22.0 Å². The lowest BCUT2D eigenvalue weighted by atomic mass is 9.92. The van der Waals surface area contributed by atoms with E-state index >= 15 is 0 Å². The molecule has 3 rings (SSSR count). The van der Waals surface area contributed by atoms with Crippen LogP contribution in [-0.4, -0.2) is 16.8 Å². The first-order chi connectivity index (χ1) is 8.74. The molecule has 0 aromatic carbocycles. The zero-order chi connectivity index (χ0) is 12.7. The number of fused-ring (bicyclic) bond motifs is 1. The van der Waals surface area contributed by atoms with Crippen LogP contribution in [0.5, 0.6) is 0 Å². The van der Waals surface area contributed by atoms with Crippen LogP contribution >= 0.6 is 11.6 Å². The molecular formula is C14H22ClN3. The molecule has 3 unspecified atom stereocenters. The Hall–Kier alpha value is -0.540. The van der Waals surface area contributed by atoms with Crippen LogP contribution in [0.2, 0.25) is 5.02 Å². The first-order valence-corrected chi connectivity index (χ1v) is 7.50. The van der Waals surface area contributed by atoms with Gasteiger partial charge in [0.15, 0.2) is 0 Å². The summed E-state index contributed by atoms with van der Waals surface area (Å²) in [6, 6.07) is 0.374.